The Kier molecular flexibility index (Phi) is 2.41. The van der Waals surface area contributed by atoms with Crippen molar-refractivity contribution in [1.82, 2.24) is 5.43 Å². The number of rotatable bonds is 1. The van der Waals surface area contributed by atoms with Gasteiger partial charge in [-0.25, -0.2) is 0 Å². The van der Waals surface area contributed by atoms with Gasteiger partial charge in [-0.05, 0) is 18.1 Å². The molecule has 1 atom stereocenters. The summed E-state index contributed by atoms with van der Waals surface area (Å²) < 4.78 is 0. The van der Waals surface area contributed by atoms with Crippen LogP contribution < -0.4 is 5.43 Å². The second kappa shape index (κ2) is 4.06. The summed E-state index contributed by atoms with van der Waals surface area (Å²) in [6, 6.07) is 17.1. The maximum Gasteiger partial charge on any atom is 0.0946 e. The van der Waals surface area contributed by atoms with E-state index in [4.69, 9.17) is 0 Å². The molecule has 0 spiro atoms. The van der Waals surface area contributed by atoms with Crippen LogP contribution in [0.2, 0.25) is 0 Å². The molecule has 0 saturated heterocycles. The Morgan fingerprint density at radius 3 is 2.59 bits per heavy atom. The molecule has 0 aliphatic carbocycles. The molecule has 0 bridgehead atoms. The van der Waals surface area contributed by atoms with Gasteiger partial charge in [0.25, 0.3) is 0 Å². The number of nitrogens with zero attached hydrogens (tertiary/aromatic N) is 1. The average molecular weight is 222 g/mol. The second-order valence-electron chi connectivity index (χ2n) is 4.36. The molecule has 17 heavy (non-hydrogen) atoms. The van der Waals surface area contributed by atoms with Crippen molar-refractivity contribution in [3.63, 3.8) is 0 Å². The van der Waals surface area contributed by atoms with E-state index in [1.807, 2.05) is 12.3 Å². The van der Waals surface area contributed by atoms with Gasteiger partial charge in [-0.15, -0.1) is 0 Å². The molecule has 2 aromatic carbocycles. The quantitative estimate of drug-likeness (QED) is 0.788. The molecule has 1 heterocycles. The zero-order chi connectivity index (χ0) is 11.7. The van der Waals surface area contributed by atoms with Crippen LogP contribution in [0.1, 0.15) is 28.3 Å². The highest BCUT2D eigenvalue weighted by Gasteiger charge is 2.18. The summed E-state index contributed by atoms with van der Waals surface area (Å²) in [4.78, 5) is 0. The van der Waals surface area contributed by atoms with Crippen LogP contribution in [0, 0.1) is 6.92 Å². The van der Waals surface area contributed by atoms with Gasteiger partial charge in [0.1, 0.15) is 0 Å². The van der Waals surface area contributed by atoms with Gasteiger partial charge in [-0.1, -0.05) is 54.1 Å². The molecular weight excluding hydrogens is 208 g/mol. The van der Waals surface area contributed by atoms with Gasteiger partial charge in [0.2, 0.25) is 0 Å². The summed E-state index contributed by atoms with van der Waals surface area (Å²) in [6.07, 6.45) is 1.88. The first-order chi connectivity index (χ1) is 8.34. The van der Waals surface area contributed by atoms with Crippen molar-refractivity contribution in [2.24, 2.45) is 5.10 Å². The van der Waals surface area contributed by atoms with Gasteiger partial charge in [0.15, 0.2) is 0 Å². The minimum atomic E-state index is 0.164. The van der Waals surface area contributed by atoms with Gasteiger partial charge >= 0.3 is 0 Å². The molecule has 0 radical (unpaired) electrons. The van der Waals surface area contributed by atoms with Gasteiger partial charge in [-0.3, -0.25) is 5.43 Å². The Morgan fingerprint density at radius 2 is 1.76 bits per heavy atom. The van der Waals surface area contributed by atoms with Crippen LogP contribution in [0.5, 0.6) is 0 Å². The molecular formula is C15H14N2. The van der Waals surface area contributed by atoms with Crippen molar-refractivity contribution < 1.29 is 0 Å². The summed E-state index contributed by atoms with van der Waals surface area (Å²) in [6.45, 7) is 2.10. The summed E-state index contributed by atoms with van der Waals surface area (Å²) in [5.74, 6) is 0. The third-order valence-corrected chi connectivity index (χ3v) is 3.12. The minimum absolute atomic E-state index is 0.164. The van der Waals surface area contributed by atoms with Crippen LogP contribution in [0.4, 0.5) is 0 Å². The molecule has 1 aliphatic heterocycles. The molecule has 0 aromatic heterocycles. The van der Waals surface area contributed by atoms with Crippen LogP contribution in [0.25, 0.3) is 0 Å². The van der Waals surface area contributed by atoms with Gasteiger partial charge < -0.3 is 0 Å². The number of hydrogen-bond donors (Lipinski definition) is 1. The van der Waals surface area contributed by atoms with E-state index in [-0.39, 0.29) is 6.04 Å². The predicted octanol–water partition coefficient (Wildman–Crippen LogP) is 3.02. The standard InChI is InChI=1S/C15H14N2/c1-11-6-8-12(9-7-11)15-14-5-3-2-4-13(14)10-16-17-15/h2-10,15,17H,1H3. The van der Waals surface area contributed by atoms with E-state index in [1.165, 1.54) is 22.3 Å². The lowest BCUT2D eigenvalue weighted by Crippen LogP contribution is -2.22. The molecule has 1 unspecified atom stereocenters. The molecule has 2 nitrogen and oxygen atoms in total. The van der Waals surface area contributed by atoms with Crippen molar-refractivity contribution in [1.29, 1.82) is 0 Å². The zero-order valence-electron chi connectivity index (χ0n) is 9.72. The van der Waals surface area contributed by atoms with Crippen LogP contribution >= 0.6 is 0 Å². The van der Waals surface area contributed by atoms with E-state index in [0.29, 0.717) is 0 Å². The van der Waals surface area contributed by atoms with E-state index in [0.717, 1.165) is 0 Å². The van der Waals surface area contributed by atoms with Crippen molar-refractivity contribution in [2.75, 3.05) is 0 Å². The number of nitrogens with one attached hydrogen (secondary N) is 1. The third kappa shape index (κ3) is 1.82. The molecule has 2 heteroatoms. The summed E-state index contributed by atoms with van der Waals surface area (Å²) >= 11 is 0. The number of aryl methyl sites for hydroxylation is 1. The molecule has 0 fully saturated rings. The fraction of sp³-hybridized carbons (Fsp3) is 0.133. The lowest BCUT2D eigenvalue weighted by molar-refractivity contribution is 0.631. The number of fused-ring (bicyclic) bond motifs is 1. The summed E-state index contributed by atoms with van der Waals surface area (Å²) in [5, 5.41) is 4.22. The largest absolute Gasteiger partial charge is 0.298 e. The maximum atomic E-state index is 4.22. The first-order valence-corrected chi connectivity index (χ1v) is 5.79. The molecule has 0 amide bonds. The lowest BCUT2D eigenvalue weighted by atomic mass is 9.94. The fourth-order valence-corrected chi connectivity index (χ4v) is 2.16. The van der Waals surface area contributed by atoms with E-state index < -0.39 is 0 Å². The van der Waals surface area contributed by atoms with Gasteiger partial charge in [-0.2, -0.15) is 5.10 Å². The van der Waals surface area contributed by atoms with Crippen molar-refractivity contribution in [3.05, 3.63) is 70.8 Å². The molecule has 84 valence electrons. The second-order valence-corrected chi connectivity index (χ2v) is 4.36. The normalized spacial score (nSPS) is 17.4. The van der Waals surface area contributed by atoms with Crippen molar-refractivity contribution in [2.45, 2.75) is 13.0 Å². The maximum absolute atomic E-state index is 4.22. The Bertz CT molecular complexity index is 555. The Labute approximate surface area is 101 Å². The highest BCUT2D eigenvalue weighted by Crippen LogP contribution is 2.26. The number of hydrazone groups is 1. The molecule has 0 saturated carbocycles. The average Bonchev–Trinajstić information content (AvgIpc) is 2.39. The smallest absolute Gasteiger partial charge is 0.0946 e. The minimum Gasteiger partial charge on any atom is -0.298 e. The van der Waals surface area contributed by atoms with Crippen LogP contribution in [0.3, 0.4) is 0 Å². The third-order valence-electron chi connectivity index (χ3n) is 3.12. The highest BCUT2D eigenvalue weighted by atomic mass is 15.3. The van der Waals surface area contributed by atoms with E-state index in [1.54, 1.807) is 0 Å². The highest BCUT2D eigenvalue weighted by molar-refractivity contribution is 5.83. The van der Waals surface area contributed by atoms with E-state index >= 15 is 0 Å². The first kappa shape index (κ1) is 10.1. The fourth-order valence-electron chi connectivity index (χ4n) is 2.16. The molecule has 3 rings (SSSR count). The SMILES string of the molecule is Cc1ccc(C2NN=Cc3ccccc32)cc1. The van der Waals surface area contributed by atoms with Gasteiger partial charge in [0, 0.05) is 5.56 Å². The Hall–Kier alpha value is -2.09. The predicted molar refractivity (Wildman–Crippen MR) is 70.2 cm³/mol. The van der Waals surface area contributed by atoms with Gasteiger partial charge in [0.05, 0.1) is 12.3 Å². The Balaban J connectivity index is 2.05. The number of benzene rings is 2. The molecule has 2 aromatic rings. The molecule has 1 aliphatic rings. The van der Waals surface area contributed by atoms with E-state index in [2.05, 4.69) is 59.9 Å². The van der Waals surface area contributed by atoms with Crippen molar-refractivity contribution >= 4 is 6.21 Å². The van der Waals surface area contributed by atoms with Crippen LogP contribution in [0.15, 0.2) is 53.6 Å². The Morgan fingerprint density at radius 1 is 1.00 bits per heavy atom. The topological polar surface area (TPSA) is 24.4 Å². The zero-order valence-corrected chi connectivity index (χ0v) is 9.72. The lowest BCUT2D eigenvalue weighted by Gasteiger charge is -2.23. The van der Waals surface area contributed by atoms with Crippen molar-refractivity contribution in [3.8, 4) is 0 Å². The molecule has 1 N–H and O–H groups in total. The summed E-state index contributed by atoms with van der Waals surface area (Å²) in [7, 11) is 0. The van der Waals surface area contributed by atoms with E-state index in [9.17, 15) is 0 Å². The van der Waals surface area contributed by atoms with Crippen LogP contribution in [-0.2, 0) is 0 Å². The first-order valence-electron chi connectivity index (χ1n) is 5.79. The van der Waals surface area contributed by atoms with Crippen LogP contribution in [-0.4, -0.2) is 6.21 Å². The summed E-state index contributed by atoms with van der Waals surface area (Å²) in [5.41, 5.74) is 8.18. The number of hydrogen-bond acceptors (Lipinski definition) is 2. The monoisotopic (exact) mass is 222 g/mol.